The summed E-state index contributed by atoms with van der Waals surface area (Å²) in [5.74, 6) is -0.596. The summed E-state index contributed by atoms with van der Waals surface area (Å²) in [4.78, 5) is -0.293. The predicted molar refractivity (Wildman–Crippen MR) is 93.5 cm³/mol. The lowest BCUT2D eigenvalue weighted by Gasteiger charge is -2.22. The van der Waals surface area contributed by atoms with Gasteiger partial charge in [0.05, 0.1) is 4.90 Å². The maximum Gasteiger partial charge on any atom is 0.573 e. The average molecular weight is 411 g/mol. The average Bonchev–Trinajstić information content (AvgIpc) is 2.54. The third-order valence-corrected chi connectivity index (χ3v) is 5.10. The van der Waals surface area contributed by atoms with Crippen molar-refractivity contribution in [3.63, 3.8) is 0 Å². The molecule has 2 rings (SSSR count). The van der Waals surface area contributed by atoms with Crippen LogP contribution in [0.1, 0.15) is 5.56 Å². The molecule has 0 atom stereocenters. The number of nitrogens with two attached hydrogens (primary N) is 1. The number of alkyl halides is 3. The van der Waals surface area contributed by atoms with Gasteiger partial charge >= 0.3 is 6.36 Å². The van der Waals surface area contributed by atoms with Crippen molar-refractivity contribution in [3.8, 4) is 5.75 Å². The monoisotopic (exact) mass is 410 g/mol. The van der Waals surface area contributed by atoms with Gasteiger partial charge in [0.15, 0.2) is 0 Å². The zero-order valence-electron chi connectivity index (χ0n) is 13.5. The first-order valence-electron chi connectivity index (χ1n) is 7.32. The molecule has 0 heterocycles. The number of nitrogens with zero attached hydrogens (tertiary/aromatic N) is 1. The van der Waals surface area contributed by atoms with Crippen LogP contribution < -0.4 is 10.5 Å². The minimum atomic E-state index is -4.90. The first kappa shape index (κ1) is 22.2. The van der Waals surface area contributed by atoms with E-state index in [0.29, 0.717) is 0 Å². The number of halogens is 4. The van der Waals surface area contributed by atoms with E-state index in [2.05, 4.69) is 4.74 Å². The van der Waals surface area contributed by atoms with Crippen molar-refractivity contribution in [3.05, 3.63) is 60.2 Å². The van der Waals surface area contributed by atoms with E-state index < -0.39 is 22.1 Å². The van der Waals surface area contributed by atoms with Crippen molar-refractivity contribution in [1.82, 2.24) is 4.31 Å². The Hall–Kier alpha value is -1.81. The number of sulfonamides is 1. The molecule has 2 N–H and O–H groups in total. The highest BCUT2D eigenvalue weighted by molar-refractivity contribution is 7.89. The molecule has 0 unspecified atom stereocenters. The molecule has 5 nitrogen and oxygen atoms in total. The topological polar surface area (TPSA) is 72.6 Å². The zero-order valence-corrected chi connectivity index (χ0v) is 15.2. The molecule has 0 aliphatic heterocycles. The van der Waals surface area contributed by atoms with E-state index in [9.17, 15) is 21.6 Å². The lowest BCUT2D eigenvalue weighted by Crippen LogP contribution is -2.35. The van der Waals surface area contributed by atoms with Gasteiger partial charge in [-0.25, -0.2) is 8.42 Å². The van der Waals surface area contributed by atoms with Crippen LogP contribution >= 0.6 is 12.4 Å². The largest absolute Gasteiger partial charge is 0.573 e. The fourth-order valence-electron chi connectivity index (χ4n) is 2.20. The van der Waals surface area contributed by atoms with E-state index in [1.807, 2.05) is 0 Å². The highest BCUT2D eigenvalue weighted by Crippen LogP contribution is 2.26. The van der Waals surface area contributed by atoms with Crippen LogP contribution in [0.15, 0.2) is 59.5 Å². The van der Waals surface area contributed by atoms with Crippen LogP contribution in [0.4, 0.5) is 13.2 Å². The quantitative estimate of drug-likeness (QED) is 0.761. The van der Waals surface area contributed by atoms with Gasteiger partial charge in [0.1, 0.15) is 5.75 Å². The normalized spacial score (nSPS) is 11.9. The van der Waals surface area contributed by atoms with Crippen LogP contribution in [0.5, 0.6) is 5.75 Å². The Morgan fingerprint density at radius 3 is 2.27 bits per heavy atom. The number of hydrogen-bond acceptors (Lipinski definition) is 4. The molecule has 0 aromatic heterocycles. The van der Waals surface area contributed by atoms with Gasteiger partial charge in [-0.05, 0) is 17.7 Å². The van der Waals surface area contributed by atoms with Gasteiger partial charge in [-0.15, -0.1) is 25.6 Å². The summed E-state index contributed by atoms with van der Waals surface area (Å²) in [5, 5.41) is 0. The van der Waals surface area contributed by atoms with Crippen molar-refractivity contribution in [2.75, 3.05) is 13.1 Å². The molecule has 0 amide bonds. The Bertz CT molecular complexity index is 802. The highest BCUT2D eigenvalue weighted by atomic mass is 35.5. The van der Waals surface area contributed by atoms with E-state index in [0.717, 1.165) is 22.0 Å². The Labute approximate surface area is 156 Å². The van der Waals surface area contributed by atoms with E-state index >= 15 is 0 Å². The molecule has 26 heavy (non-hydrogen) atoms. The second-order valence-electron chi connectivity index (χ2n) is 5.14. The number of rotatable bonds is 7. The van der Waals surface area contributed by atoms with Crippen molar-refractivity contribution in [2.45, 2.75) is 17.8 Å². The second-order valence-corrected chi connectivity index (χ2v) is 7.07. The van der Waals surface area contributed by atoms with Crippen LogP contribution in [0, 0.1) is 0 Å². The molecule has 0 saturated carbocycles. The first-order valence-corrected chi connectivity index (χ1v) is 8.76. The SMILES string of the molecule is Cl.NCCN(Cc1ccccc1)S(=O)(=O)c1cccc(OC(F)(F)F)c1. The van der Waals surface area contributed by atoms with Gasteiger partial charge in [-0.3, -0.25) is 0 Å². The van der Waals surface area contributed by atoms with E-state index in [1.165, 1.54) is 12.1 Å². The molecule has 0 bridgehead atoms. The maximum absolute atomic E-state index is 12.8. The summed E-state index contributed by atoms with van der Waals surface area (Å²) in [7, 11) is -4.03. The lowest BCUT2D eigenvalue weighted by molar-refractivity contribution is -0.274. The zero-order chi connectivity index (χ0) is 18.5. The van der Waals surface area contributed by atoms with Gasteiger partial charge in [0.25, 0.3) is 0 Å². The molecule has 0 aliphatic rings. The van der Waals surface area contributed by atoms with Crippen LogP contribution in [-0.2, 0) is 16.6 Å². The van der Waals surface area contributed by atoms with E-state index in [-0.39, 0.29) is 36.9 Å². The molecule has 0 aliphatic carbocycles. The molecule has 144 valence electrons. The minimum Gasteiger partial charge on any atom is -0.406 e. The predicted octanol–water partition coefficient (Wildman–Crippen LogP) is 3.16. The molecule has 0 saturated heterocycles. The molecule has 2 aromatic carbocycles. The molecule has 0 radical (unpaired) electrons. The Kier molecular flexibility index (Phi) is 7.88. The van der Waals surface area contributed by atoms with E-state index in [4.69, 9.17) is 5.73 Å². The number of hydrogen-bond donors (Lipinski definition) is 1. The molecule has 2 aromatic rings. The van der Waals surface area contributed by atoms with Gasteiger partial charge in [0.2, 0.25) is 10.0 Å². The van der Waals surface area contributed by atoms with Crippen LogP contribution in [0.25, 0.3) is 0 Å². The highest BCUT2D eigenvalue weighted by Gasteiger charge is 2.32. The van der Waals surface area contributed by atoms with Crippen LogP contribution in [-0.4, -0.2) is 32.2 Å². The van der Waals surface area contributed by atoms with Crippen molar-refractivity contribution in [2.24, 2.45) is 5.73 Å². The third kappa shape index (κ3) is 6.17. The number of benzene rings is 2. The van der Waals surface area contributed by atoms with Gasteiger partial charge in [-0.2, -0.15) is 4.31 Å². The van der Waals surface area contributed by atoms with Gasteiger partial charge in [-0.1, -0.05) is 36.4 Å². The summed E-state index contributed by atoms with van der Waals surface area (Å²) < 4.78 is 67.5. The van der Waals surface area contributed by atoms with Crippen LogP contribution in [0.2, 0.25) is 0 Å². The van der Waals surface area contributed by atoms with Crippen molar-refractivity contribution < 1.29 is 26.3 Å². The third-order valence-electron chi connectivity index (χ3n) is 3.26. The summed E-state index contributed by atoms with van der Waals surface area (Å²) in [6.45, 7) is 0.164. The molecular weight excluding hydrogens is 393 g/mol. The minimum absolute atomic E-state index is 0. The molecule has 10 heteroatoms. The standard InChI is InChI=1S/C16H17F3N2O3S.ClH/c17-16(18,19)24-14-7-4-8-15(11-14)25(22,23)21(10-9-20)12-13-5-2-1-3-6-13;/h1-8,11H,9-10,12,20H2;1H. The first-order chi connectivity index (χ1) is 11.7. The van der Waals surface area contributed by atoms with Crippen LogP contribution in [0.3, 0.4) is 0 Å². The number of ether oxygens (including phenoxy) is 1. The lowest BCUT2D eigenvalue weighted by atomic mass is 10.2. The van der Waals surface area contributed by atoms with Gasteiger partial charge in [0, 0.05) is 25.7 Å². The fraction of sp³-hybridized carbons (Fsp3) is 0.250. The molecular formula is C16H18ClF3N2O3S. The smallest absolute Gasteiger partial charge is 0.406 e. The summed E-state index contributed by atoms with van der Waals surface area (Å²) in [6.07, 6.45) is -4.90. The maximum atomic E-state index is 12.8. The van der Waals surface area contributed by atoms with E-state index in [1.54, 1.807) is 30.3 Å². The molecule has 0 spiro atoms. The molecule has 0 fully saturated rings. The summed E-state index contributed by atoms with van der Waals surface area (Å²) in [6, 6.07) is 13.1. The second kappa shape index (κ2) is 9.22. The van der Waals surface area contributed by atoms with Gasteiger partial charge < -0.3 is 10.5 Å². The fourth-order valence-corrected chi connectivity index (χ4v) is 3.67. The Morgan fingerprint density at radius 2 is 1.69 bits per heavy atom. The Balaban J connectivity index is 0.00000338. The van der Waals surface area contributed by atoms with Crippen molar-refractivity contribution in [1.29, 1.82) is 0 Å². The van der Waals surface area contributed by atoms with Crippen molar-refractivity contribution >= 4 is 22.4 Å². The summed E-state index contributed by atoms with van der Waals surface area (Å²) in [5.41, 5.74) is 6.23. The summed E-state index contributed by atoms with van der Waals surface area (Å²) >= 11 is 0. The Morgan fingerprint density at radius 1 is 1.04 bits per heavy atom.